The van der Waals surface area contributed by atoms with E-state index in [9.17, 15) is 0 Å². The monoisotopic (exact) mass is 127 g/mol. The van der Waals surface area contributed by atoms with Crippen LogP contribution in [0.4, 0.5) is 0 Å². The molecule has 0 N–H and O–H groups in total. The number of oxime groups is 1. The molecule has 0 saturated heterocycles. The molecule has 0 heterocycles. The quantitative estimate of drug-likeness (QED) is 0.322. The number of hydrogen-bond donors (Lipinski definition) is 0. The largest absolute Gasteiger partial charge is 0.362 e. The topological polar surface area (TPSA) is 21.6 Å². The van der Waals surface area contributed by atoms with Gasteiger partial charge < -0.3 is 4.84 Å². The van der Waals surface area contributed by atoms with Crippen LogP contribution in [0.1, 0.15) is 26.7 Å². The second-order valence-corrected chi connectivity index (χ2v) is 1.73. The average Bonchev–Trinajstić information content (AvgIpc) is 1.88. The lowest BCUT2D eigenvalue weighted by molar-refractivity contribution is 0.218. The van der Waals surface area contributed by atoms with Crippen LogP contribution >= 0.6 is 0 Å². The highest BCUT2D eigenvalue weighted by Crippen LogP contribution is 2.05. The summed E-state index contributed by atoms with van der Waals surface area (Å²) in [4.78, 5) is 4.81. The maximum atomic E-state index is 4.81. The fourth-order valence-electron chi connectivity index (χ4n) is 0.572. The molecule has 0 aromatic rings. The zero-order valence-electron chi connectivity index (χ0n) is 6.05. The van der Waals surface area contributed by atoms with Crippen molar-refractivity contribution in [2.45, 2.75) is 26.7 Å². The Labute approximate surface area is 56.2 Å². The molecule has 2 nitrogen and oxygen atoms in total. The summed E-state index contributed by atoms with van der Waals surface area (Å²) >= 11 is 0. The Bertz CT molecular complexity index is 107. The third-order valence-corrected chi connectivity index (χ3v) is 1.00. The van der Waals surface area contributed by atoms with Gasteiger partial charge in [-0.1, -0.05) is 12.1 Å². The SMILES string of the molecule is C=NO/C(=C\C)CCC. The molecule has 0 amide bonds. The molecule has 0 saturated carbocycles. The van der Waals surface area contributed by atoms with Gasteiger partial charge in [0.2, 0.25) is 0 Å². The summed E-state index contributed by atoms with van der Waals surface area (Å²) < 4.78 is 0. The fourth-order valence-corrected chi connectivity index (χ4v) is 0.572. The third-order valence-electron chi connectivity index (χ3n) is 1.00. The number of hydrogen-bond acceptors (Lipinski definition) is 2. The Morgan fingerprint density at radius 3 is 2.78 bits per heavy atom. The van der Waals surface area contributed by atoms with E-state index in [1.54, 1.807) is 0 Å². The van der Waals surface area contributed by atoms with Crippen LogP contribution in [0.5, 0.6) is 0 Å². The zero-order chi connectivity index (χ0) is 7.11. The van der Waals surface area contributed by atoms with E-state index >= 15 is 0 Å². The Kier molecular flexibility index (Phi) is 4.88. The van der Waals surface area contributed by atoms with Crippen LogP contribution in [0.15, 0.2) is 17.0 Å². The van der Waals surface area contributed by atoms with E-state index in [4.69, 9.17) is 4.84 Å². The van der Waals surface area contributed by atoms with E-state index in [-0.39, 0.29) is 0 Å². The summed E-state index contributed by atoms with van der Waals surface area (Å²) in [5.74, 6) is 0.896. The van der Waals surface area contributed by atoms with Gasteiger partial charge in [-0.2, -0.15) is 0 Å². The molecule has 0 aromatic carbocycles. The summed E-state index contributed by atoms with van der Waals surface area (Å²) in [7, 11) is 0. The Balaban J connectivity index is 3.55. The van der Waals surface area contributed by atoms with Crippen molar-refractivity contribution in [1.82, 2.24) is 0 Å². The molecule has 0 unspecified atom stereocenters. The lowest BCUT2D eigenvalue weighted by Gasteiger charge is -1.98. The van der Waals surface area contributed by atoms with Crippen molar-refractivity contribution in [1.29, 1.82) is 0 Å². The maximum absolute atomic E-state index is 4.81. The molecule has 0 atom stereocenters. The molecule has 0 aliphatic rings. The van der Waals surface area contributed by atoms with Gasteiger partial charge in [0.25, 0.3) is 0 Å². The molecule has 0 rings (SSSR count). The Morgan fingerprint density at radius 1 is 1.78 bits per heavy atom. The predicted molar refractivity (Wildman–Crippen MR) is 39.3 cm³/mol. The van der Waals surface area contributed by atoms with Gasteiger partial charge in [-0.05, 0) is 19.4 Å². The van der Waals surface area contributed by atoms with Gasteiger partial charge in [0.05, 0.1) is 0 Å². The number of allylic oxidation sites excluding steroid dienone is 2. The van der Waals surface area contributed by atoms with E-state index in [0.29, 0.717) is 0 Å². The van der Waals surface area contributed by atoms with Crippen molar-refractivity contribution < 1.29 is 4.84 Å². The molecule has 0 aliphatic heterocycles. The third kappa shape index (κ3) is 3.76. The maximum Gasteiger partial charge on any atom is 0.130 e. The van der Waals surface area contributed by atoms with Gasteiger partial charge in [-0.25, -0.2) is 0 Å². The molecule has 2 heteroatoms. The highest BCUT2D eigenvalue weighted by molar-refractivity contribution is 5.21. The number of nitrogens with zero attached hydrogens (tertiary/aromatic N) is 1. The van der Waals surface area contributed by atoms with Gasteiger partial charge in [0, 0.05) is 13.1 Å². The van der Waals surface area contributed by atoms with Crippen LogP contribution < -0.4 is 0 Å². The van der Waals surface area contributed by atoms with Gasteiger partial charge >= 0.3 is 0 Å². The smallest absolute Gasteiger partial charge is 0.130 e. The van der Waals surface area contributed by atoms with E-state index in [1.807, 2.05) is 13.0 Å². The molecule has 0 spiro atoms. The summed E-state index contributed by atoms with van der Waals surface area (Å²) in [6.45, 7) is 7.24. The first-order valence-corrected chi connectivity index (χ1v) is 3.13. The first-order chi connectivity index (χ1) is 4.35. The van der Waals surface area contributed by atoms with Crippen molar-refractivity contribution in [2.24, 2.45) is 5.16 Å². The van der Waals surface area contributed by atoms with Crippen LogP contribution in [0.2, 0.25) is 0 Å². The van der Waals surface area contributed by atoms with Gasteiger partial charge in [0.15, 0.2) is 0 Å². The normalized spacial score (nSPS) is 11.1. The van der Waals surface area contributed by atoms with Crippen molar-refractivity contribution >= 4 is 6.72 Å². The molecule has 0 aliphatic carbocycles. The van der Waals surface area contributed by atoms with Crippen molar-refractivity contribution in [3.8, 4) is 0 Å². The van der Waals surface area contributed by atoms with Crippen molar-refractivity contribution in [2.75, 3.05) is 0 Å². The lowest BCUT2D eigenvalue weighted by atomic mass is 10.3. The zero-order valence-corrected chi connectivity index (χ0v) is 6.05. The minimum absolute atomic E-state index is 0.896. The fraction of sp³-hybridized carbons (Fsp3) is 0.571. The molecule has 0 radical (unpaired) electrons. The van der Waals surface area contributed by atoms with E-state index in [0.717, 1.165) is 18.6 Å². The molecular weight excluding hydrogens is 114 g/mol. The van der Waals surface area contributed by atoms with Crippen LogP contribution in [0.3, 0.4) is 0 Å². The van der Waals surface area contributed by atoms with Gasteiger partial charge in [-0.15, -0.1) is 0 Å². The Morgan fingerprint density at radius 2 is 2.44 bits per heavy atom. The second-order valence-electron chi connectivity index (χ2n) is 1.73. The minimum Gasteiger partial charge on any atom is -0.362 e. The van der Waals surface area contributed by atoms with Crippen LogP contribution in [-0.2, 0) is 4.84 Å². The highest BCUT2D eigenvalue weighted by Gasteiger charge is 1.91. The second kappa shape index (κ2) is 5.35. The predicted octanol–water partition coefficient (Wildman–Crippen LogP) is 2.32. The first kappa shape index (κ1) is 8.21. The summed E-state index contributed by atoms with van der Waals surface area (Å²) in [5, 5.41) is 3.31. The molecular formula is C7H13NO. The standard InChI is InChI=1S/C7H13NO/c1-4-6-7(5-2)9-8-3/h5H,3-4,6H2,1-2H3/b7-5-. The highest BCUT2D eigenvalue weighted by atomic mass is 16.6. The van der Waals surface area contributed by atoms with Gasteiger partial charge in [0.1, 0.15) is 5.76 Å². The molecule has 9 heavy (non-hydrogen) atoms. The first-order valence-electron chi connectivity index (χ1n) is 3.13. The molecule has 0 fully saturated rings. The van der Waals surface area contributed by atoms with Crippen molar-refractivity contribution in [3.63, 3.8) is 0 Å². The van der Waals surface area contributed by atoms with Crippen molar-refractivity contribution in [3.05, 3.63) is 11.8 Å². The summed E-state index contributed by atoms with van der Waals surface area (Å²) in [5.41, 5.74) is 0. The van der Waals surface area contributed by atoms with E-state index in [1.165, 1.54) is 0 Å². The van der Waals surface area contributed by atoms with E-state index < -0.39 is 0 Å². The Hall–Kier alpha value is -0.790. The number of rotatable bonds is 4. The minimum atomic E-state index is 0.896. The lowest BCUT2D eigenvalue weighted by Crippen LogP contribution is -1.82. The van der Waals surface area contributed by atoms with Crippen LogP contribution in [0.25, 0.3) is 0 Å². The molecule has 0 bridgehead atoms. The molecule has 0 aromatic heterocycles. The van der Waals surface area contributed by atoms with Crippen LogP contribution in [-0.4, -0.2) is 6.72 Å². The van der Waals surface area contributed by atoms with Crippen LogP contribution in [0, 0.1) is 0 Å². The summed E-state index contributed by atoms with van der Waals surface area (Å²) in [6, 6.07) is 0. The average molecular weight is 127 g/mol. The van der Waals surface area contributed by atoms with E-state index in [2.05, 4.69) is 18.8 Å². The molecule has 52 valence electrons. The summed E-state index contributed by atoms with van der Waals surface area (Å²) in [6.07, 6.45) is 3.92. The van der Waals surface area contributed by atoms with Gasteiger partial charge in [-0.3, -0.25) is 0 Å².